The number of halogens is 1. The molecule has 0 saturated heterocycles. The van der Waals surface area contributed by atoms with Crippen molar-refractivity contribution in [2.45, 2.75) is 0 Å². The number of aromatic amines is 2. The summed E-state index contributed by atoms with van der Waals surface area (Å²) < 4.78 is 0. The number of nitrogens with zero attached hydrogens (tertiary/aromatic N) is 2. The summed E-state index contributed by atoms with van der Waals surface area (Å²) in [6, 6.07) is 28.2. The number of aromatic nitrogens is 3. The average Bonchev–Trinajstić information content (AvgIpc) is 3.48. The van der Waals surface area contributed by atoms with Crippen molar-refractivity contribution < 1.29 is 0 Å². The minimum Gasteiger partial charge on any atom is -0.360 e. The fraction of sp³-hybridized carbons (Fsp3) is 0. The Balaban J connectivity index is 1.69. The van der Waals surface area contributed by atoms with Crippen LogP contribution in [0.1, 0.15) is 5.56 Å². The van der Waals surface area contributed by atoms with Gasteiger partial charge in [-0.05, 0) is 35.9 Å². The molecule has 2 N–H and O–H groups in total. The molecule has 0 bridgehead atoms. The molecule has 3 heterocycles. The van der Waals surface area contributed by atoms with Crippen LogP contribution in [0, 0.1) is 11.3 Å². The third-order valence-electron chi connectivity index (χ3n) is 6.00. The fourth-order valence-electron chi connectivity index (χ4n) is 4.40. The summed E-state index contributed by atoms with van der Waals surface area (Å²) in [6.45, 7) is 0. The molecule has 4 nitrogen and oxygen atoms in total. The molecule has 0 aliphatic carbocycles. The number of hydrogen-bond acceptors (Lipinski definition) is 2. The summed E-state index contributed by atoms with van der Waals surface area (Å²) in [4.78, 5) is 11.7. The molecule has 0 radical (unpaired) electrons. The zero-order valence-electron chi connectivity index (χ0n) is 17.4. The van der Waals surface area contributed by atoms with Gasteiger partial charge in [-0.25, -0.2) is 4.98 Å². The lowest BCUT2D eigenvalue weighted by Gasteiger charge is -2.12. The number of para-hydroxylation sites is 2. The first-order chi connectivity index (χ1) is 16.2. The maximum absolute atomic E-state index is 10.2. The molecule has 3 aromatic heterocycles. The third kappa shape index (κ3) is 3.18. The smallest absolute Gasteiger partial charge is 0.102 e. The Kier molecular flexibility index (Phi) is 4.50. The van der Waals surface area contributed by atoms with Gasteiger partial charge in [0.25, 0.3) is 0 Å². The highest BCUT2D eigenvalue weighted by molar-refractivity contribution is 6.30. The van der Waals surface area contributed by atoms with Gasteiger partial charge in [-0.1, -0.05) is 60.1 Å². The van der Waals surface area contributed by atoms with Crippen LogP contribution in [0.4, 0.5) is 0 Å². The number of nitriles is 1. The molecule has 0 aliphatic rings. The standard InChI is InChI=1S/C28H17ClN4/c29-18-11-9-17(10-12-18)21-13-27(23-15-31-25-7-3-1-5-19(23)25)33-28(22(21)14-30)24-16-32-26-8-4-2-6-20(24)26/h1-13,15-16,31-32H. The highest BCUT2D eigenvalue weighted by atomic mass is 35.5. The van der Waals surface area contributed by atoms with Crippen LogP contribution in [0.25, 0.3) is 55.4 Å². The lowest BCUT2D eigenvalue weighted by molar-refractivity contribution is 1.30. The van der Waals surface area contributed by atoms with Crippen molar-refractivity contribution in [1.29, 1.82) is 5.26 Å². The second-order valence-corrected chi connectivity index (χ2v) is 8.33. The molecule has 0 fully saturated rings. The van der Waals surface area contributed by atoms with Gasteiger partial charge in [0.15, 0.2) is 0 Å². The highest BCUT2D eigenvalue weighted by Gasteiger charge is 2.20. The van der Waals surface area contributed by atoms with Gasteiger partial charge in [0.05, 0.1) is 17.0 Å². The van der Waals surface area contributed by atoms with E-state index in [1.807, 2.05) is 85.2 Å². The van der Waals surface area contributed by atoms with Crippen molar-refractivity contribution in [3.63, 3.8) is 0 Å². The number of pyridine rings is 1. The predicted molar refractivity (Wildman–Crippen MR) is 134 cm³/mol. The quantitative estimate of drug-likeness (QED) is 0.295. The summed E-state index contributed by atoms with van der Waals surface area (Å²) in [5, 5.41) is 13.0. The third-order valence-corrected chi connectivity index (χ3v) is 6.25. The van der Waals surface area contributed by atoms with E-state index in [0.717, 1.165) is 49.8 Å². The zero-order chi connectivity index (χ0) is 22.4. The van der Waals surface area contributed by atoms with Crippen LogP contribution in [0.3, 0.4) is 0 Å². The lowest BCUT2D eigenvalue weighted by Crippen LogP contribution is -1.96. The first-order valence-electron chi connectivity index (χ1n) is 10.6. The van der Waals surface area contributed by atoms with Crippen molar-refractivity contribution >= 4 is 33.4 Å². The first-order valence-corrected chi connectivity index (χ1v) is 10.9. The molecule has 0 atom stereocenters. The van der Waals surface area contributed by atoms with E-state index in [2.05, 4.69) is 22.1 Å². The maximum Gasteiger partial charge on any atom is 0.102 e. The van der Waals surface area contributed by atoms with Gasteiger partial charge >= 0.3 is 0 Å². The summed E-state index contributed by atoms with van der Waals surface area (Å²) in [5.41, 5.74) is 7.67. The van der Waals surface area contributed by atoms with Crippen LogP contribution in [-0.2, 0) is 0 Å². The molecule has 156 valence electrons. The number of fused-ring (bicyclic) bond motifs is 2. The van der Waals surface area contributed by atoms with Crippen molar-refractivity contribution in [3.05, 3.63) is 102 Å². The zero-order valence-corrected chi connectivity index (χ0v) is 18.2. The van der Waals surface area contributed by atoms with E-state index in [0.29, 0.717) is 16.3 Å². The molecule has 33 heavy (non-hydrogen) atoms. The first kappa shape index (κ1) is 19.4. The van der Waals surface area contributed by atoms with E-state index in [4.69, 9.17) is 16.6 Å². The van der Waals surface area contributed by atoms with E-state index in [-0.39, 0.29) is 0 Å². The fourth-order valence-corrected chi connectivity index (χ4v) is 4.53. The predicted octanol–water partition coefficient (Wildman–Crippen LogP) is 7.57. The SMILES string of the molecule is N#Cc1c(-c2ccc(Cl)cc2)cc(-c2c[nH]c3ccccc23)nc1-c1c[nH]c2ccccc12. The molecular weight excluding hydrogens is 428 g/mol. The number of rotatable bonds is 3. The van der Waals surface area contributed by atoms with Crippen LogP contribution >= 0.6 is 11.6 Å². The maximum atomic E-state index is 10.2. The highest BCUT2D eigenvalue weighted by Crippen LogP contribution is 2.38. The van der Waals surface area contributed by atoms with E-state index in [9.17, 15) is 5.26 Å². The van der Waals surface area contributed by atoms with E-state index < -0.39 is 0 Å². The van der Waals surface area contributed by atoms with Crippen LogP contribution in [-0.4, -0.2) is 15.0 Å². The lowest BCUT2D eigenvalue weighted by atomic mass is 9.94. The molecule has 0 unspecified atom stereocenters. The van der Waals surface area contributed by atoms with Crippen LogP contribution in [0.5, 0.6) is 0 Å². The molecule has 3 aromatic carbocycles. The Morgan fingerprint density at radius 2 is 1.33 bits per heavy atom. The number of H-pyrrole nitrogens is 2. The Morgan fingerprint density at radius 3 is 2.00 bits per heavy atom. The Morgan fingerprint density at radius 1 is 0.727 bits per heavy atom. The number of benzene rings is 3. The van der Waals surface area contributed by atoms with Crippen LogP contribution in [0.2, 0.25) is 5.02 Å². The molecule has 0 spiro atoms. The molecule has 5 heteroatoms. The van der Waals surface area contributed by atoms with Gasteiger partial charge < -0.3 is 9.97 Å². The van der Waals surface area contributed by atoms with Crippen LogP contribution < -0.4 is 0 Å². The van der Waals surface area contributed by atoms with Crippen molar-refractivity contribution in [1.82, 2.24) is 15.0 Å². The van der Waals surface area contributed by atoms with Gasteiger partial charge in [-0.2, -0.15) is 5.26 Å². The second kappa shape index (κ2) is 7.67. The van der Waals surface area contributed by atoms with E-state index >= 15 is 0 Å². The topological polar surface area (TPSA) is 68.3 Å². The monoisotopic (exact) mass is 444 g/mol. The Labute approximate surface area is 195 Å². The van der Waals surface area contributed by atoms with Gasteiger partial charge in [-0.15, -0.1) is 0 Å². The van der Waals surface area contributed by atoms with Gasteiger partial charge in [0, 0.05) is 55.9 Å². The Bertz CT molecular complexity index is 1680. The molecule has 6 rings (SSSR count). The van der Waals surface area contributed by atoms with Gasteiger partial charge in [0.1, 0.15) is 6.07 Å². The summed E-state index contributed by atoms with van der Waals surface area (Å²) in [7, 11) is 0. The van der Waals surface area contributed by atoms with Crippen molar-refractivity contribution in [2.24, 2.45) is 0 Å². The molecule has 0 aliphatic heterocycles. The van der Waals surface area contributed by atoms with Crippen molar-refractivity contribution in [3.8, 4) is 39.7 Å². The number of hydrogen-bond donors (Lipinski definition) is 2. The minimum absolute atomic E-state index is 0.533. The minimum atomic E-state index is 0.533. The summed E-state index contributed by atoms with van der Waals surface area (Å²) in [6.07, 6.45) is 3.90. The molecular formula is C28H17ClN4. The summed E-state index contributed by atoms with van der Waals surface area (Å²) in [5.74, 6) is 0. The largest absolute Gasteiger partial charge is 0.360 e. The molecule has 6 aromatic rings. The van der Waals surface area contributed by atoms with Gasteiger partial charge in [0.2, 0.25) is 0 Å². The molecule has 0 amide bonds. The Hall–Kier alpha value is -4.33. The summed E-state index contributed by atoms with van der Waals surface area (Å²) >= 11 is 6.14. The van der Waals surface area contributed by atoms with E-state index in [1.165, 1.54) is 0 Å². The average molecular weight is 445 g/mol. The molecule has 0 saturated carbocycles. The normalized spacial score (nSPS) is 11.2. The number of nitrogens with one attached hydrogen (secondary N) is 2. The van der Waals surface area contributed by atoms with Gasteiger partial charge in [-0.3, -0.25) is 0 Å². The second-order valence-electron chi connectivity index (χ2n) is 7.89. The van der Waals surface area contributed by atoms with E-state index in [1.54, 1.807) is 0 Å². The van der Waals surface area contributed by atoms with Crippen LogP contribution in [0.15, 0.2) is 91.3 Å². The van der Waals surface area contributed by atoms with Crippen molar-refractivity contribution in [2.75, 3.05) is 0 Å².